The van der Waals surface area contributed by atoms with E-state index in [2.05, 4.69) is 5.32 Å². The number of anilines is 1. The normalized spacial score (nSPS) is 11.1. The summed E-state index contributed by atoms with van der Waals surface area (Å²) in [5, 5.41) is 2.65. The maximum Gasteiger partial charge on any atom is 0.249 e. The number of amides is 2. The Morgan fingerprint density at radius 1 is 1.14 bits per heavy atom. The second-order valence-electron chi connectivity index (χ2n) is 4.79. The van der Waals surface area contributed by atoms with Crippen molar-refractivity contribution in [2.24, 2.45) is 5.73 Å². The predicted molar refractivity (Wildman–Crippen MR) is 83.4 cm³/mol. The number of aryl methyl sites for hydroxylation is 1. The summed E-state index contributed by atoms with van der Waals surface area (Å²) in [7, 11) is 0. The first kappa shape index (κ1) is 15.4. The maximum atomic E-state index is 12.9. The van der Waals surface area contributed by atoms with Crippen LogP contribution in [-0.4, -0.2) is 11.8 Å². The lowest BCUT2D eigenvalue weighted by molar-refractivity contribution is -0.114. The maximum absolute atomic E-state index is 12.9. The van der Waals surface area contributed by atoms with Crippen molar-refractivity contribution in [3.63, 3.8) is 0 Å². The van der Waals surface area contributed by atoms with Gasteiger partial charge in [-0.2, -0.15) is 0 Å². The molecule has 0 aromatic heterocycles. The Hall–Kier alpha value is -2.95. The Morgan fingerprint density at radius 2 is 1.82 bits per heavy atom. The van der Waals surface area contributed by atoms with Gasteiger partial charge in [-0.1, -0.05) is 24.3 Å². The lowest BCUT2D eigenvalue weighted by Gasteiger charge is -2.06. The van der Waals surface area contributed by atoms with Gasteiger partial charge in [0.1, 0.15) is 5.82 Å². The van der Waals surface area contributed by atoms with Gasteiger partial charge in [-0.3, -0.25) is 9.59 Å². The summed E-state index contributed by atoms with van der Waals surface area (Å²) < 4.78 is 12.9. The fourth-order valence-electron chi connectivity index (χ4n) is 1.96. The molecular weight excluding hydrogens is 283 g/mol. The first-order chi connectivity index (χ1) is 10.5. The molecule has 0 unspecified atom stereocenters. The fraction of sp³-hybridized carbons (Fsp3) is 0.0588. The minimum absolute atomic E-state index is 0.0187. The number of carbonyl (C=O) groups excluding carboxylic acids is 2. The third-order valence-corrected chi connectivity index (χ3v) is 2.98. The molecule has 2 amide bonds. The highest BCUT2D eigenvalue weighted by molar-refractivity contribution is 6.24. The van der Waals surface area contributed by atoms with Crippen molar-refractivity contribution in [1.82, 2.24) is 0 Å². The smallest absolute Gasteiger partial charge is 0.249 e. The molecule has 0 aliphatic rings. The molecule has 0 saturated carbocycles. The van der Waals surface area contributed by atoms with Crippen LogP contribution in [0.2, 0.25) is 0 Å². The lowest BCUT2D eigenvalue weighted by atomic mass is 10.0. The van der Waals surface area contributed by atoms with Crippen LogP contribution in [0.4, 0.5) is 10.1 Å². The predicted octanol–water partition coefficient (Wildman–Crippen LogP) is 2.64. The van der Waals surface area contributed by atoms with Gasteiger partial charge in [-0.25, -0.2) is 4.39 Å². The molecule has 0 heterocycles. The summed E-state index contributed by atoms with van der Waals surface area (Å²) in [6.07, 6.45) is 1.11. The molecule has 5 heteroatoms. The van der Waals surface area contributed by atoms with Crippen LogP contribution in [0, 0.1) is 12.7 Å². The zero-order valence-corrected chi connectivity index (χ0v) is 12.0. The highest BCUT2D eigenvalue weighted by atomic mass is 19.1. The Labute approximate surface area is 127 Å². The molecule has 112 valence electrons. The monoisotopic (exact) mass is 298 g/mol. The molecule has 0 radical (unpaired) electrons. The fourth-order valence-corrected chi connectivity index (χ4v) is 1.96. The van der Waals surface area contributed by atoms with Crippen LogP contribution in [0.1, 0.15) is 11.1 Å². The van der Waals surface area contributed by atoms with Crippen LogP contribution >= 0.6 is 0 Å². The van der Waals surface area contributed by atoms with Crippen LogP contribution in [0.3, 0.4) is 0 Å². The summed E-state index contributed by atoms with van der Waals surface area (Å²) in [4.78, 5) is 23.5. The zero-order chi connectivity index (χ0) is 16.1. The van der Waals surface area contributed by atoms with Crippen molar-refractivity contribution in [1.29, 1.82) is 0 Å². The minimum Gasteiger partial charge on any atom is -0.366 e. The molecule has 3 N–H and O–H groups in total. The van der Waals surface area contributed by atoms with Gasteiger partial charge in [0.25, 0.3) is 0 Å². The second-order valence-corrected chi connectivity index (χ2v) is 4.79. The van der Waals surface area contributed by atoms with E-state index in [4.69, 9.17) is 5.73 Å². The van der Waals surface area contributed by atoms with Gasteiger partial charge >= 0.3 is 0 Å². The molecule has 0 aliphatic heterocycles. The average Bonchev–Trinajstić information content (AvgIpc) is 2.45. The van der Waals surface area contributed by atoms with Gasteiger partial charge in [-0.15, -0.1) is 0 Å². The van der Waals surface area contributed by atoms with E-state index in [0.29, 0.717) is 11.3 Å². The van der Waals surface area contributed by atoms with E-state index in [1.165, 1.54) is 24.3 Å². The Morgan fingerprint density at radius 3 is 2.41 bits per heavy atom. The topological polar surface area (TPSA) is 72.2 Å². The summed E-state index contributed by atoms with van der Waals surface area (Å²) in [5.41, 5.74) is 7.30. The summed E-state index contributed by atoms with van der Waals surface area (Å²) >= 11 is 0. The van der Waals surface area contributed by atoms with Crippen LogP contribution < -0.4 is 11.1 Å². The highest BCUT2D eigenvalue weighted by Crippen LogP contribution is 2.16. The van der Waals surface area contributed by atoms with E-state index >= 15 is 0 Å². The molecule has 4 nitrogen and oxygen atoms in total. The first-order valence-electron chi connectivity index (χ1n) is 6.61. The molecule has 0 bridgehead atoms. The number of rotatable bonds is 4. The third-order valence-electron chi connectivity index (χ3n) is 2.98. The molecule has 2 aromatic rings. The number of hydrogen-bond acceptors (Lipinski definition) is 2. The zero-order valence-electron chi connectivity index (χ0n) is 12.0. The van der Waals surface area contributed by atoms with Crippen molar-refractivity contribution in [2.75, 3.05) is 5.32 Å². The van der Waals surface area contributed by atoms with Crippen LogP contribution in [0.5, 0.6) is 0 Å². The number of nitrogens with two attached hydrogens (primary N) is 1. The van der Waals surface area contributed by atoms with Gasteiger partial charge in [0.2, 0.25) is 11.8 Å². The van der Waals surface area contributed by atoms with Crippen LogP contribution in [0.15, 0.2) is 54.6 Å². The SMILES string of the molecule is Cc1cccc(NC(=O)/C=C(\C(N)=O)c2ccc(F)cc2)c1. The van der Waals surface area contributed by atoms with Crippen molar-refractivity contribution in [3.05, 3.63) is 71.6 Å². The lowest BCUT2D eigenvalue weighted by Crippen LogP contribution is -2.17. The van der Waals surface area contributed by atoms with Crippen molar-refractivity contribution in [3.8, 4) is 0 Å². The van der Waals surface area contributed by atoms with Gasteiger partial charge in [0.15, 0.2) is 0 Å². The molecule has 0 aliphatic carbocycles. The number of hydrogen-bond donors (Lipinski definition) is 2. The van der Waals surface area contributed by atoms with Crippen LogP contribution in [0.25, 0.3) is 5.57 Å². The van der Waals surface area contributed by atoms with E-state index in [9.17, 15) is 14.0 Å². The number of carbonyl (C=O) groups is 2. The molecule has 2 rings (SSSR count). The number of nitrogens with one attached hydrogen (secondary N) is 1. The van der Waals surface area contributed by atoms with E-state index in [-0.39, 0.29) is 5.57 Å². The largest absolute Gasteiger partial charge is 0.366 e. The Kier molecular flexibility index (Phi) is 4.68. The first-order valence-corrected chi connectivity index (χ1v) is 6.61. The molecule has 2 aromatic carbocycles. The van der Waals surface area contributed by atoms with E-state index < -0.39 is 17.6 Å². The third kappa shape index (κ3) is 4.02. The Bertz CT molecular complexity index is 737. The highest BCUT2D eigenvalue weighted by Gasteiger charge is 2.11. The summed E-state index contributed by atoms with van der Waals surface area (Å²) in [6.45, 7) is 1.90. The molecule has 0 spiro atoms. The number of primary amides is 1. The molecule has 22 heavy (non-hydrogen) atoms. The molecular formula is C17H15FN2O2. The molecule has 0 fully saturated rings. The van der Waals surface area contributed by atoms with E-state index in [0.717, 1.165) is 11.6 Å². The number of benzene rings is 2. The average molecular weight is 298 g/mol. The molecule has 0 atom stereocenters. The second kappa shape index (κ2) is 6.67. The quantitative estimate of drug-likeness (QED) is 0.852. The minimum atomic E-state index is -0.758. The van der Waals surface area contributed by atoms with Gasteiger partial charge in [0, 0.05) is 11.8 Å². The van der Waals surface area contributed by atoms with Crippen molar-refractivity contribution >= 4 is 23.1 Å². The van der Waals surface area contributed by atoms with E-state index in [1.54, 1.807) is 12.1 Å². The Balaban J connectivity index is 2.24. The van der Waals surface area contributed by atoms with Gasteiger partial charge in [-0.05, 0) is 42.3 Å². The van der Waals surface area contributed by atoms with Gasteiger partial charge < -0.3 is 11.1 Å². The summed E-state index contributed by atoms with van der Waals surface area (Å²) in [6, 6.07) is 12.4. The number of halogens is 1. The van der Waals surface area contributed by atoms with Crippen LogP contribution in [-0.2, 0) is 9.59 Å². The molecule has 0 saturated heterocycles. The van der Waals surface area contributed by atoms with Gasteiger partial charge in [0.05, 0.1) is 5.57 Å². The van der Waals surface area contributed by atoms with E-state index in [1.807, 2.05) is 19.1 Å². The van der Waals surface area contributed by atoms with Crippen molar-refractivity contribution < 1.29 is 14.0 Å². The summed E-state index contributed by atoms with van der Waals surface area (Å²) in [5.74, 6) is -1.67. The van der Waals surface area contributed by atoms with Crippen molar-refractivity contribution in [2.45, 2.75) is 6.92 Å². The standard InChI is InChI=1S/C17H15FN2O2/c1-11-3-2-4-14(9-11)20-16(21)10-15(17(19)22)12-5-7-13(18)8-6-12/h2-10H,1H3,(H2,19,22)(H,20,21)/b15-10-.